The number of H-pyrrole nitrogens is 1. The molecule has 1 fully saturated rings. The lowest BCUT2D eigenvalue weighted by atomic mass is 10.1. The molecule has 1 aromatic heterocycles. The fraction of sp³-hybridized carbons (Fsp3) is 0.385. The highest BCUT2D eigenvalue weighted by Gasteiger charge is 2.32. The van der Waals surface area contributed by atoms with Crippen molar-refractivity contribution in [2.24, 2.45) is 5.92 Å². The number of carbonyl (C=O) groups excluding carboxylic acids is 1. The van der Waals surface area contributed by atoms with Gasteiger partial charge in [-0.15, -0.1) is 0 Å². The number of rotatable bonds is 3. The monoisotopic (exact) mass is 327 g/mol. The lowest BCUT2D eigenvalue weighted by Crippen LogP contribution is -2.31. The number of amides is 1. The summed E-state index contributed by atoms with van der Waals surface area (Å²) in [5, 5.41) is 3.33. The van der Waals surface area contributed by atoms with E-state index in [1.165, 1.54) is 0 Å². The van der Waals surface area contributed by atoms with E-state index in [0.717, 1.165) is 11.0 Å². The van der Waals surface area contributed by atoms with Crippen molar-refractivity contribution in [3.8, 4) is 0 Å². The quantitative estimate of drug-likeness (QED) is 0.888. The second kappa shape index (κ2) is 5.31. The van der Waals surface area contributed by atoms with E-state index < -0.39 is 15.8 Å². The highest BCUT2D eigenvalue weighted by atomic mass is 35.5. The first-order chi connectivity index (χ1) is 9.93. The summed E-state index contributed by atoms with van der Waals surface area (Å²) in [5.41, 5.74) is 1.57. The largest absolute Gasteiger partial charge is 0.349 e. The minimum absolute atomic E-state index is 0.0609. The van der Waals surface area contributed by atoms with Crippen LogP contribution in [0.3, 0.4) is 0 Å². The molecule has 2 aromatic rings. The van der Waals surface area contributed by atoms with Crippen LogP contribution in [0.1, 0.15) is 12.2 Å². The summed E-state index contributed by atoms with van der Waals surface area (Å²) in [5.74, 6) is -0.0483. The molecule has 21 heavy (non-hydrogen) atoms. The van der Waals surface area contributed by atoms with Crippen LogP contribution < -0.4 is 5.32 Å². The highest BCUT2D eigenvalue weighted by Crippen LogP contribution is 2.19. The molecule has 6 nitrogen and oxygen atoms in total. The first kappa shape index (κ1) is 14.3. The van der Waals surface area contributed by atoms with E-state index in [0.29, 0.717) is 17.3 Å². The maximum absolute atomic E-state index is 11.9. The molecule has 1 aliphatic heterocycles. The molecule has 0 aliphatic carbocycles. The van der Waals surface area contributed by atoms with E-state index >= 15 is 0 Å². The zero-order chi connectivity index (χ0) is 15.0. The number of carbonyl (C=O) groups is 1. The van der Waals surface area contributed by atoms with Gasteiger partial charge in [0.2, 0.25) is 5.91 Å². The Hall–Kier alpha value is -1.60. The number of aromatic amines is 1. The molecule has 1 saturated heterocycles. The van der Waals surface area contributed by atoms with Gasteiger partial charge in [-0.3, -0.25) is 4.79 Å². The Kier molecular flexibility index (Phi) is 3.62. The van der Waals surface area contributed by atoms with Gasteiger partial charge >= 0.3 is 0 Å². The smallest absolute Gasteiger partial charge is 0.224 e. The molecule has 0 spiro atoms. The molecule has 1 aliphatic rings. The molecular weight excluding hydrogens is 314 g/mol. The Morgan fingerprint density at radius 1 is 1.48 bits per heavy atom. The molecule has 2 heterocycles. The van der Waals surface area contributed by atoms with Crippen molar-refractivity contribution in [2.45, 2.75) is 13.0 Å². The van der Waals surface area contributed by atoms with E-state index in [9.17, 15) is 13.2 Å². The van der Waals surface area contributed by atoms with Gasteiger partial charge in [0.25, 0.3) is 0 Å². The van der Waals surface area contributed by atoms with E-state index in [2.05, 4.69) is 15.3 Å². The van der Waals surface area contributed by atoms with Gasteiger partial charge in [-0.2, -0.15) is 0 Å². The molecule has 2 N–H and O–H groups in total. The Labute approximate surface area is 126 Å². The summed E-state index contributed by atoms with van der Waals surface area (Å²) < 4.78 is 22.7. The zero-order valence-corrected chi connectivity index (χ0v) is 12.7. The SMILES string of the molecule is O=C(NCc1nc2ccc(Cl)cc2[nH]1)[C@H]1CCS(=O)(=O)C1. The van der Waals surface area contributed by atoms with Gasteiger partial charge in [0.15, 0.2) is 9.84 Å². The third-order valence-corrected chi connectivity index (χ3v) is 5.53. The van der Waals surface area contributed by atoms with Gasteiger partial charge < -0.3 is 10.3 Å². The summed E-state index contributed by atoms with van der Waals surface area (Å²) in [6.45, 7) is 0.238. The lowest BCUT2D eigenvalue weighted by molar-refractivity contribution is -0.124. The first-order valence-electron chi connectivity index (χ1n) is 6.55. The standard InChI is InChI=1S/C13H14ClN3O3S/c14-9-1-2-10-11(5-9)17-12(16-10)6-15-13(18)8-3-4-21(19,20)7-8/h1-2,5,8H,3-4,6-7H2,(H,15,18)(H,16,17)/t8-/m0/s1. The Morgan fingerprint density at radius 2 is 2.29 bits per heavy atom. The zero-order valence-electron chi connectivity index (χ0n) is 11.1. The van der Waals surface area contributed by atoms with Crippen molar-refractivity contribution >= 4 is 38.4 Å². The molecule has 0 radical (unpaired) electrons. The third kappa shape index (κ3) is 3.19. The van der Waals surface area contributed by atoms with Crippen molar-refractivity contribution in [3.63, 3.8) is 0 Å². The predicted molar refractivity (Wildman–Crippen MR) is 79.7 cm³/mol. The minimum Gasteiger partial charge on any atom is -0.349 e. The van der Waals surface area contributed by atoms with Gasteiger partial charge in [-0.1, -0.05) is 11.6 Å². The highest BCUT2D eigenvalue weighted by molar-refractivity contribution is 7.91. The fourth-order valence-corrected chi connectivity index (χ4v) is 4.35. The number of halogens is 1. The molecule has 3 rings (SSSR count). The number of nitrogens with zero attached hydrogens (tertiary/aromatic N) is 1. The van der Waals surface area contributed by atoms with Crippen molar-refractivity contribution in [3.05, 3.63) is 29.0 Å². The number of hydrogen-bond donors (Lipinski definition) is 2. The normalized spacial score (nSPS) is 20.7. The lowest BCUT2D eigenvalue weighted by Gasteiger charge is -2.07. The van der Waals surface area contributed by atoms with Gasteiger partial charge in [-0.05, 0) is 24.6 Å². The molecule has 0 unspecified atom stereocenters. The molecule has 1 atom stereocenters. The second-order valence-corrected chi connectivity index (χ2v) is 7.83. The van der Waals surface area contributed by atoms with E-state index in [-0.39, 0.29) is 24.0 Å². The molecule has 1 amide bonds. The van der Waals surface area contributed by atoms with Crippen molar-refractivity contribution in [1.82, 2.24) is 15.3 Å². The number of benzene rings is 1. The summed E-state index contributed by atoms with van der Waals surface area (Å²) in [7, 11) is -3.05. The molecule has 0 saturated carbocycles. The summed E-state index contributed by atoms with van der Waals surface area (Å²) >= 11 is 5.89. The number of sulfone groups is 1. The molecular formula is C13H14ClN3O3S. The maximum atomic E-state index is 11.9. The Balaban J connectivity index is 1.65. The van der Waals surface area contributed by atoms with Crippen LogP contribution in [0.2, 0.25) is 5.02 Å². The summed E-state index contributed by atoms with van der Waals surface area (Å²) in [6.07, 6.45) is 0.393. The van der Waals surface area contributed by atoms with E-state index in [1.807, 2.05) is 0 Å². The van der Waals surface area contributed by atoms with Gasteiger partial charge in [0.1, 0.15) is 5.82 Å². The Morgan fingerprint density at radius 3 is 3.00 bits per heavy atom. The number of hydrogen-bond acceptors (Lipinski definition) is 4. The molecule has 1 aromatic carbocycles. The van der Waals surface area contributed by atoms with Crippen LogP contribution >= 0.6 is 11.6 Å². The summed E-state index contributed by atoms with van der Waals surface area (Å²) in [4.78, 5) is 19.3. The topological polar surface area (TPSA) is 91.9 Å². The van der Waals surface area contributed by atoms with Crippen LogP contribution in [0.15, 0.2) is 18.2 Å². The molecule has 8 heteroatoms. The van der Waals surface area contributed by atoms with E-state index in [1.54, 1.807) is 18.2 Å². The number of nitrogens with one attached hydrogen (secondary N) is 2. The van der Waals surface area contributed by atoms with Crippen molar-refractivity contribution in [2.75, 3.05) is 11.5 Å². The Bertz CT molecular complexity index is 800. The second-order valence-electron chi connectivity index (χ2n) is 5.16. The van der Waals surface area contributed by atoms with Crippen molar-refractivity contribution in [1.29, 1.82) is 0 Å². The average molecular weight is 328 g/mol. The van der Waals surface area contributed by atoms with Crippen LogP contribution in [-0.2, 0) is 21.2 Å². The number of imidazole rings is 1. The third-order valence-electron chi connectivity index (χ3n) is 3.53. The van der Waals surface area contributed by atoms with Crippen molar-refractivity contribution < 1.29 is 13.2 Å². The van der Waals surface area contributed by atoms with Crippen LogP contribution in [-0.4, -0.2) is 35.8 Å². The summed E-state index contributed by atoms with van der Waals surface area (Å²) in [6, 6.07) is 5.30. The van der Waals surface area contributed by atoms with Gasteiger partial charge in [0.05, 0.1) is 35.0 Å². The van der Waals surface area contributed by atoms with Crippen LogP contribution in [0.5, 0.6) is 0 Å². The van der Waals surface area contributed by atoms with Crippen LogP contribution in [0, 0.1) is 5.92 Å². The average Bonchev–Trinajstić information content (AvgIpc) is 2.98. The minimum atomic E-state index is -3.05. The molecule has 112 valence electrons. The predicted octanol–water partition coefficient (Wildman–Crippen LogP) is 1.27. The fourth-order valence-electron chi connectivity index (χ4n) is 2.44. The first-order valence-corrected chi connectivity index (χ1v) is 8.75. The van der Waals surface area contributed by atoms with Gasteiger partial charge in [0, 0.05) is 5.02 Å². The van der Waals surface area contributed by atoms with Gasteiger partial charge in [-0.25, -0.2) is 13.4 Å². The number of fused-ring (bicyclic) bond motifs is 1. The van der Waals surface area contributed by atoms with E-state index in [4.69, 9.17) is 11.6 Å². The van der Waals surface area contributed by atoms with Crippen LogP contribution in [0.4, 0.5) is 0 Å². The van der Waals surface area contributed by atoms with Crippen LogP contribution in [0.25, 0.3) is 11.0 Å². The number of aromatic nitrogens is 2. The maximum Gasteiger partial charge on any atom is 0.224 e. The molecule has 0 bridgehead atoms.